The van der Waals surface area contributed by atoms with Gasteiger partial charge in [0.15, 0.2) is 0 Å². The van der Waals surface area contributed by atoms with Crippen LogP contribution in [0.1, 0.15) is 37.1 Å². The highest BCUT2D eigenvalue weighted by Crippen LogP contribution is 2.35. The fourth-order valence-electron chi connectivity index (χ4n) is 4.37. The third kappa shape index (κ3) is 4.08. The number of ether oxygens (including phenoxy) is 2. The number of carbonyl (C=O) groups is 1. The minimum atomic E-state index is -0.117. The Labute approximate surface area is 155 Å². The Balaban J connectivity index is 1.23. The molecule has 3 saturated heterocycles. The second-order valence-corrected chi connectivity index (χ2v) is 7.96. The summed E-state index contributed by atoms with van der Waals surface area (Å²) in [6, 6.07) is 6.03. The molecule has 142 valence electrons. The van der Waals surface area contributed by atoms with Crippen LogP contribution in [-0.2, 0) is 20.9 Å². The minimum absolute atomic E-state index is 0.117. The van der Waals surface area contributed by atoms with E-state index in [1.807, 2.05) is 30.0 Å². The van der Waals surface area contributed by atoms with Crippen molar-refractivity contribution in [2.45, 2.75) is 50.9 Å². The van der Waals surface area contributed by atoms with E-state index in [0.717, 1.165) is 69.9 Å². The summed E-state index contributed by atoms with van der Waals surface area (Å²) in [7, 11) is 0. The SMILES string of the molecule is Cc1cccc(CO[C@@H]2CCOC3(C2)CN(CC(=O)N2CCCC2)C3)n1. The number of hydrogen-bond acceptors (Lipinski definition) is 5. The number of hydrogen-bond donors (Lipinski definition) is 0. The van der Waals surface area contributed by atoms with E-state index in [1.54, 1.807) is 0 Å². The van der Waals surface area contributed by atoms with Crippen molar-refractivity contribution in [1.82, 2.24) is 14.8 Å². The molecule has 0 N–H and O–H groups in total. The summed E-state index contributed by atoms with van der Waals surface area (Å²) < 4.78 is 12.2. The molecule has 26 heavy (non-hydrogen) atoms. The maximum atomic E-state index is 12.3. The lowest BCUT2D eigenvalue weighted by molar-refractivity contribution is -0.199. The van der Waals surface area contributed by atoms with E-state index in [0.29, 0.717) is 13.2 Å². The van der Waals surface area contributed by atoms with Crippen LogP contribution in [0.2, 0.25) is 0 Å². The van der Waals surface area contributed by atoms with Gasteiger partial charge in [0.25, 0.3) is 0 Å². The van der Waals surface area contributed by atoms with Gasteiger partial charge < -0.3 is 14.4 Å². The highest BCUT2D eigenvalue weighted by atomic mass is 16.5. The molecular weight excluding hydrogens is 330 g/mol. The molecule has 4 rings (SSSR count). The van der Waals surface area contributed by atoms with Gasteiger partial charge in [0.05, 0.1) is 30.6 Å². The summed E-state index contributed by atoms with van der Waals surface area (Å²) in [4.78, 5) is 21.0. The molecule has 3 aliphatic rings. The zero-order chi connectivity index (χ0) is 18.0. The van der Waals surface area contributed by atoms with E-state index in [-0.39, 0.29) is 17.6 Å². The lowest BCUT2D eigenvalue weighted by Crippen LogP contribution is -2.67. The van der Waals surface area contributed by atoms with Gasteiger partial charge in [-0.2, -0.15) is 0 Å². The van der Waals surface area contributed by atoms with Crippen LogP contribution in [0.3, 0.4) is 0 Å². The van der Waals surface area contributed by atoms with Crippen LogP contribution in [0.15, 0.2) is 18.2 Å². The highest BCUT2D eigenvalue weighted by Gasteiger charge is 2.48. The van der Waals surface area contributed by atoms with Crippen LogP contribution in [0, 0.1) is 6.92 Å². The lowest BCUT2D eigenvalue weighted by Gasteiger charge is -2.53. The van der Waals surface area contributed by atoms with Crippen molar-refractivity contribution < 1.29 is 14.3 Å². The lowest BCUT2D eigenvalue weighted by atomic mass is 9.84. The average Bonchev–Trinajstić information content (AvgIpc) is 3.14. The van der Waals surface area contributed by atoms with Gasteiger partial charge in [0.1, 0.15) is 0 Å². The smallest absolute Gasteiger partial charge is 0.236 e. The molecule has 4 heterocycles. The Morgan fingerprint density at radius 1 is 1.35 bits per heavy atom. The molecule has 0 radical (unpaired) electrons. The first kappa shape index (κ1) is 17.9. The van der Waals surface area contributed by atoms with E-state index in [1.165, 1.54) is 0 Å². The first-order valence-electron chi connectivity index (χ1n) is 9.80. The Morgan fingerprint density at radius 2 is 2.15 bits per heavy atom. The second-order valence-electron chi connectivity index (χ2n) is 7.96. The van der Waals surface area contributed by atoms with Crippen LogP contribution >= 0.6 is 0 Å². The van der Waals surface area contributed by atoms with E-state index in [4.69, 9.17) is 9.47 Å². The molecule has 1 aromatic heterocycles. The molecule has 3 aliphatic heterocycles. The fraction of sp³-hybridized carbons (Fsp3) is 0.700. The van der Waals surface area contributed by atoms with Gasteiger partial charge in [-0.15, -0.1) is 0 Å². The van der Waals surface area contributed by atoms with E-state index in [2.05, 4.69) is 9.88 Å². The van der Waals surface area contributed by atoms with E-state index in [9.17, 15) is 4.79 Å². The number of aryl methyl sites for hydroxylation is 1. The van der Waals surface area contributed by atoms with Crippen LogP contribution in [-0.4, -0.2) is 71.7 Å². The summed E-state index contributed by atoms with van der Waals surface area (Å²) in [5, 5.41) is 0. The van der Waals surface area contributed by atoms with Crippen molar-refractivity contribution in [1.29, 1.82) is 0 Å². The molecular formula is C20H29N3O3. The molecule has 1 spiro atoms. The summed E-state index contributed by atoms with van der Waals surface area (Å²) in [6.45, 7) is 7.36. The van der Waals surface area contributed by atoms with Crippen molar-refractivity contribution >= 4 is 5.91 Å². The second kappa shape index (κ2) is 7.62. The predicted molar refractivity (Wildman–Crippen MR) is 97.7 cm³/mol. The molecule has 0 saturated carbocycles. The summed E-state index contributed by atoms with van der Waals surface area (Å²) in [6.07, 6.45) is 4.34. The number of likely N-dealkylation sites (tertiary alicyclic amines) is 2. The third-order valence-corrected chi connectivity index (χ3v) is 5.70. The maximum Gasteiger partial charge on any atom is 0.236 e. The quantitative estimate of drug-likeness (QED) is 0.802. The number of carbonyl (C=O) groups excluding carboxylic acids is 1. The predicted octanol–water partition coefficient (Wildman–Crippen LogP) is 1.76. The molecule has 0 bridgehead atoms. The van der Waals surface area contributed by atoms with Crippen molar-refractivity contribution in [2.24, 2.45) is 0 Å². The monoisotopic (exact) mass is 359 g/mol. The minimum Gasteiger partial charge on any atom is -0.372 e. The number of aromatic nitrogens is 1. The standard InChI is InChI=1S/C20H29N3O3/c1-16-5-4-6-17(21-16)13-25-18-7-10-26-20(11-18)14-22(15-20)12-19(24)23-8-2-3-9-23/h4-6,18H,2-3,7-15H2,1H3/t18-/m1/s1. The normalized spacial score (nSPS) is 25.4. The number of pyridine rings is 1. The Kier molecular flexibility index (Phi) is 5.25. The van der Waals surface area contributed by atoms with Crippen molar-refractivity contribution in [2.75, 3.05) is 39.3 Å². The Bertz CT molecular complexity index is 639. The van der Waals surface area contributed by atoms with Gasteiger partial charge >= 0.3 is 0 Å². The van der Waals surface area contributed by atoms with Gasteiger partial charge in [-0.25, -0.2) is 0 Å². The first-order chi connectivity index (χ1) is 12.6. The van der Waals surface area contributed by atoms with Gasteiger partial charge in [-0.05, 0) is 38.3 Å². The number of amides is 1. The molecule has 6 nitrogen and oxygen atoms in total. The van der Waals surface area contributed by atoms with E-state index < -0.39 is 0 Å². The molecule has 0 unspecified atom stereocenters. The van der Waals surface area contributed by atoms with Gasteiger partial charge in [-0.3, -0.25) is 14.7 Å². The first-order valence-corrected chi connectivity index (χ1v) is 9.80. The largest absolute Gasteiger partial charge is 0.372 e. The van der Waals surface area contributed by atoms with Crippen molar-refractivity contribution in [3.05, 3.63) is 29.6 Å². The summed E-state index contributed by atoms with van der Waals surface area (Å²) in [5.74, 6) is 0.270. The van der Waals surface area contributed by atoms with E-state index >= 15 is 0 Å². The van der Waals surface area contributed by atoms with Crippen LogP contribution in [0.4, 0.5) is 0 Å². The van der Waals surface area contributed by atoms with Crippen LogP contribution in [0.5, 0.6) is 0 Å². The van der Waals surface area contributed by atoms with Crippen molar-refractivity contribution in [3.63, 3.8) is 0 Å². The zero-order valence-corrected chi connectivity index (χ0v) is 15.7. The fourth-order valence-corrected chi connectivity index (χ4v) is 4.37. The number of rotatable bonds is 5. The number of nitrogens with zero attached hydrogens (tertiary/aromatic N) is 3. The van der Waals surface area contributed by atoms with Gasteiger partial charge in [0, 0.05) is 44.9 Å². The molecule has 3 fully saturated rings. The van der Waals surface area contributed by atoms with Crippen LogP contribution in [0.25, 0.3) is 0 Å². The molecule has 0 aromatic carbocycles. The molecule has 1 aromatic rings. The molecule has 1 atom stereocenters. The Hall–Kier alpha value is -1.50. The summed E-state index contributed by atoms with van der Waals surface area (Å²) in [5.41, 5.74) is 1.89. The van der Waals surface area contributed by atoms with Gasteiger partial charge in [0.2, 0.25) is 5.91 Å². The average molecular weight is 359 g/mol. The zero-order valence-electron chi connectivity index (χ0n) is 15.7. The Morgan fingerprint density at radius 3 is 2.92 bits per heavy atom. The molecule has 0 aliphatic carbocycles. The maximum absolute atomic E-state index is 12.3. The van der Waals surface area contributed by atoms with Crippen LogP contribution < -0.4 is 0 Å². The molecule has 6 heteroatoms. The third-order valence-electron chi connectivity index (χ3n) is 5.70. The highest BCUT2D eigenvalue weighted by molar-refractivity contribution is 5.78. The summed E-state index contributed by atoms with van der Waals surface area (Å²) >= 11 is 0. The van der Waals surface area contributed by atoms with Gasteiger partial charge in [-0.1, -0.05) is 6.07 Å². The van der Waals surface area contributed by atoms with Crippen molar-refractivity contribution in [3.8, 4) is 0 Å². The topological polar surface area (TPSA) is 54.9 Å². The molecule has 1 amide bonds.